The summed E-state index contributed by atoms with van der Waals surface area (Å²) in [5.74, 6) is 0.697. The van der Waals surface area contributed by atoms with E-state index in [2.05, 4.69) is 12.2 Å². The summed E-state index contributed by atoms with van der Waals surface area (Å²) in [5.41, 5.74) is 0. The summed E-state index contributed by atoms with van der Waals surface area (Å²) in [6.45, 7) is 5.68. The van der Waals surface area contributed by atoms with Crippen molar-refractivity contribution in [1.29, 1.82) is 0 Å². The van der Waals surface area contributed by atoms with E-state index in [4.69, 9.17) is 0 Å². The van der Waals surface area contributed by atoms with Crippen LogP contribution in [0, 0.1) is 11.8 Å². The van der Waals surface area contributed by atoms with Gasteiger partial charge >= 0.3 is 0 Å². The van der Waals surface area contributed by atoms with E-state index >= 15 is 0 Å². The zero-order valence-electron chi connectivity index (χ0n) is 10.7. The maximum atomic E-state index is 11.8. The highest BCUT2D eigenvalue weighted by molar-refractivity contribution is 5.97. The summed E-state index contributed by atoms with van der Waals surface area (Å²) in [5, 5.41) is 3.41. The summed E-state index contributed by atoms with van der Waals surface area (Å²) >= 11 is 0. The SMILES string of the molecule is CC1CC(=O)N(CC2CCC(C)NC2)C(=O)C1. The second-order valence-electron chi connectivity index (χ2n) is 5.66. The molecule has 4 heteroatoms. The molecular formula is C13H22N2O2. The van der Waals surface area contributed by atoms with Gasteiger partial charge in [-0.25, -0.2) is 0 Å². The third kappa shape index (κ3) is 3.06. The van der Waals surface area contributed by atoms with E-state index in [1.54, 1.807) is 0 Å². The Labute approximate surface area is 103 Å². The number of carbonyl (C=O) groups is 2. The first-order chi connectivity index (χ1) is 8.06. The Morgan fingerprint density at radius 1 is 1.18 bits per heavy atom. The van der Waals surface area contributed by atoms with Crippen molar-refractivity contribution in [1.82, 2.24) is 10.2 Å². The predicted octanol–water partition coefficient (Wildman–Crippen LogP) is 1.16. The minimum atomic E-state index is 0.0207. The molecule has 2 aliphatic heterocycles. The van der Waals surface area contributed by atoms with Crippen molar-refractivity contribution in [2.45, 2.75) is 45.6 Å². The van der Waals surface area contributed by atoms with Crippen LogP contribution in [0.2, 0.25) is 0 Å². The van der Waals surface area contributed by atoms with Crippen LogP contribution < -0.4 is 5.32 Å². The lowest BCUT2D eigenvalue weighted by atomic mass is 9.92. The first-order valence-corrected chi connectivity index (χ1v) is 6.63. The molecule has 2 rings (SSSR count). The Bertz CT molecular complexity index is 291. The largest absolute Gasteiger partial charge is 0.314 e. The van der Waals surface area contributed by atoms with Crippen molar-refractivity contribution in [2.24, 2.45) is 11.8 Å². The van der Waals surface area contributed by atoms with Crippen molar-refractivity contribution in [3.8, 4) is 0 Å². The molecule has 2 aliphatic rings. The van der Waals surface area contributed by atoms with Crippen LogP contribution in [-0.2, 0) is 9.59 Å². The number of nitrogens with zero attached hydrogens (tertiary/aromatic N) is 1. The number of nitrogens with one attached hydrogen (secondary N) is 1. The monoisotopic (exact) mass is 238 g/mol. The van der Waals surface area contributed by atoms with E-state index in [0.29, 0.717) is 31.3 Å². The number of amides is 2. The molecule has 2 fully saturated rings. The van der Waals surface area contributed by atoms with Gasteiger partial charge in [0.2, 0.25) is 11.8 Å². The number of hydrogen-bond donors (Lipinski definition) is 1. The van der Waals surface area contributed by atoms with Gasteiger partial charge in [-0.1, -0.05) is 6.92 Å². The maximum absolute atomic E-state index is 11.8. The number of imide groups is 1. The zero-order valence-corrected chi connectivity index (χ0v) is 10.7. The van der Waals surface area contributed by atoms with Crippen molar-refractivity contribution in [3.05, 3.63) is 0 Å². The average molecular weight is 238 g/mol. The normalized spacial score (nSPS) is 32.0. The molecule has 0 radical (unpaired) electrons. The van der Waals surface area contributed by atoms with Crippen molar-refractivity contribution >= 4 is 11.8 Å². The molecule has 0 aliphatic carbocycles. The third-order valence-corrected chi connectivity index (χ3v) is 3.85. The van der Waals surface area contributed by atoms with E-state index in [1.807, 2.05) is 6.92 Å². The fourth-order valence-corrected chi connectivity index (χ4v) is 2.70. The topological polar surface area (TPSA) is 49.4 Å². The molecule has 2 amide bonds. The Morgan fingerprint density at radius 2 is 1.82 bits per heavy atom. The summed E-state index contributed by atoms with van der Waals surface area (Å²) in [6, 6.07) is 0.569. The third-order valence-electron chi connectivity index (χ3n) is 3.85. The molecule has 4 nitrogen and oxygen atoms in total. The van der Waals surface area contributed by atoms with E-state index in [9.17, 15) is 9.59 Å². The molecular weight excluding hydrogens is 216 g/mol. The fraction of sp³-hybridized carbons (Fsp3) is 0.846. The van der Waals surface area contributed by atoms with Crippen LogP contribution >= 0.6 is 0 Å². The highest BCUT2D eigenvalue weighted by Crippen LogP contribution is 2.22. The zero-order chi connectivity index (χ0) is 12.4. The van der Waals surface area contributed by atoms with Gasteiger partial charge in [-0.3, -0.25) is 14.5 Å². The second kappa shape index (κ2) is 5.17. The summed E-state index contributed by atoms with van der Waals surface area (Å²) < 4.78 is 0. The predicted molar refractivity (Wildman–Crippen MR) is 65.3 cm³/mol. The molecule has 2 saturated heterocycles. The fourth-order valence-electron chi connectivity index (χ4n) is 2.70. The Morgan fingerprint density at radius 3 is 2.35 bits per heavy atom. The van der Waals surface area contributed by atoms with Gasteiger partial charge in [0.05, 0.1) is 0 Å². The number of carbonyl (C=O) groups excluding carboxylic acids is 2. The lowest BCUT2D eigenvalue weighted by molar-refractivity contribution is -0.150. The lowest BCUT2D eigenvalue weighted by Crippen LogP contribution is -2.48. The van der Waals surface area contributed by atoms with Gasteiger partial charge in [0.15, 0.2) is 0 Å². The van der Waals surface area contributed by atoms with Crippen LogP contribution in [0.1, 0.15) is 39.5 Å². The molecule has 96 valence electrons. The van der Waals surface area contributed by atoms with Crippen LogP contribution in [0.5, 0.6) is 0 Å². The molecule has 0 saturated carbocycles. The van der Waals surface area contributed by atoms with Gasteiger partial charge in [0, 0.05) is 25.4 Å². The summed E-state index contributed by atoms with van der Waals surface area (Å²) in [6.07, 6.45) is 3.31. The molecule has 0 spiro atoms. The van der Waals surface area contributed by atoms with Gasteiger partial charge in [-0.15, -0.1) is 0 Å². The van der Waals surface area contributed by atoms with Gasteiger partial charge in [-0.05, 0) is 38.1 Å². The van der Waals surface area contributed by atoms with Gasteiger partial charge in [0.1, 0.15) is 0 Å². The first-order valence-electron chi connectivity index (χ1n) is 6.63. The molecule has 0 bridgehead atoms. The smallest absolute Gasteiger partial charge is 0.229 e. The van der Waals surface area contributed by atoms with Gasteiger partial charge in [-0.2, -0.15) is 0 Å². The number of piperidine rings is 2. The standard InChI is InChI=1S/C13H22N2O2/c1-9-5-12(16)15(13(17)6-9)8-11-4-3-10(2)14-7-11/h9-11,14H,3-8H2,1-2H3. The van der Waals surface area contributed by atoms with Gasteiger partial charge in [0.25, 0.3) is 0 Å². The van der Waals surface area contributed by atoms with Crippen molar-refractivity contribution in [2.75, 3.05) is 13.1 Å². The molecule has 2 heterocycles. The van der Waals surface area contributed by atoms with E-state index in [0.717, 1.165) is 19.4 Å². The molecule has 2 unspecified atom stereocenters. The summed E-state index contributed by atoms with van der Waals surface area (Å²) in [4.78, 5) is 25.2. The minimum Gasteiger partial charge on any atom is -0.314 e. The summed E-state index contributed by atoms with van der Waals surface area (Å²) in [7, 11) is 0. The van der Waals surface area contributed by atoms with Crippen LogP contribution in [0.25, 0.3) is 0 Å². The van der Waals surface area contributed by atoms with Crippen molar-refractivity contribution in [3.63, 3.8) is 0 Å². The molecule has 17 heavy (non-hydrogen) atoms. The highest BCUT2D eigenvalue weighted by Gasteiger charge is 2.32. The molecule has 0 aromatic rings. The second-order valence-corrected chi connectivity index (χ2v) is 5.66. The minimum absolute atomic E-state index is 0.0207. The van der Waals surface area contributed by atoms with E-state index < -0.39 is 0 Å². The molecule has 2 atom stereocenters. The Kier molecular flexibility index (Phi) is 3.82. The van der Waals surface area contributed by atoms with Crippen LogP contribution in [-0.4, -0.2) is 35.8 Å². The van der Waals surface area contributed by atoms with Crippen LogP contribution in [0.4, 0.5) is 0 Å². The van der Waals surface area contributed by atoms with Crippen LogP contribution in [0.15, 0.2) is 0 Å². The Balaban J connectivity index is 1.89. The molecule has 1 N–H and O–H groups in total. The maximum Gasteiger partial charge on any atom is 0.229 e. The first kappa shape index (κ1) is 12.6. The molecule has 0 aromatic carbocycles. The molecule has 0 aromatic heterocycles. The van der Waals surface area contributed by atoms with Crippen molar-refractivity contribution < 1.29 is 9.59 Å². The van der Waals surface area contributed by atoms with Gasteiger partial charge < -0.3 is 5.32 Å². The number of likely N-dealkylation sites (tertiary alicyclic amines) is 1. The highest BCUT2D eigenvalue weighted by atomic mass is 16.2. The number of hydrogen-bond acceptors (Lipinski definition) is 3. The van der Waals surface area contributed by atoms with Crippen LogP contribution in [0.3, 0.4) is 0 Å². The quantitative estimate of drug-likeness (QED) is 0.734. The Hall–Kier alpha value is -0.900. The van der Waals surface area contributed by atoms with E-state index in [1.165, 1.54) is 4.90 Å². The average Bonchev–Trinajstić information content (AvgIpc) is 2.26. The van der Waals surface area contributed by atoms with E-state index in [-0.39, 0.29) is 17.7 Å². The lowest BCUT2D eigenvalue weighted by Gasteiger charge is -2.34. The number of rotatable bonds is 2.